The number of benzene rings is 2. The average Bonchev–Trinajstić information content (AvgIpc) is 2.69. The summed E-state index contributed by atoms with van der Waals surface area (Å²) in [6.45, 7) is 8.51. The van der Waals surface area contributed by atoms with Crippen LogP contribution < -0.4 is 5.32 Å². The summed E-state index contributed by atoms with van der Waals surface area (Å²) < 4.78 is 27.0. The van der Waals surface area contributed by atoms with Gasteiger partial charge in [0, 0.05) is 39.3 Å². The van der Waals surface area contributed by atoms with Gasteiger partial charge in [0.1, 0.15) is 11.6 Å². The Bertz CT molecular complexity index is 789. The van der Waals surface area contributed by atoms with E-state index in [0.29, 0.717) is 0 Å². The first-order chi connectivity index (χ1) is 13.1. The summed E-state index contributed by atoms with van der Waals surface area (Å²) in [5.74, 6) is -1.97. The zero-order valence-electron chi connectivity index (χ0n) is 15.5. The van der Waals surface area contributed by atoms with E-state index in [2.05, 4.69) is 28.1 Å². The molecule has 1 saturated heterocycles. The maximum absolute atomic E-state index is 13.8. The molecule has 1 N–H and O–H groups in total. The van der Waals surface area contributed by atoms with Gasteiger partial charge in [-0.2, -0.15) is 0 Å². The molecule has 1 amide bonds. The minimum Gasteiger partial charge on any atom is -0.348 e. The van der Waals surface area contributed by atoms with E-state index in [9.17, 15) is 13.6 Å². The minimum atomic E-state index is -0.726. The molecule has 27 heavy (non-hydrogen) atoms. The van der Waals surface area contributed by atoms with Crippen LogP contribution in [-0.4, -0.2) is 48.4 Å². The number of likely N-dealkylation sites (N-methyl/N-ethyl adjacent to an activating group) is 1. The molecule has 1 aliphatic rings. The second kappa shape index (κ2) is 9.06. The number of piperazine rings is 1. The number of hydrogen-bond acceptors (Lipinski definition) is 3. The number of nitrogens with one attached hydrogen (secondary N) is 1. The Morgan fingerprint density at radius 1 is 1.00 bits per heavy atom. The van der Waals surface area contributed by atoms with Gasteiger partial charge in [0.05, 0.1) is 5.56 Å². The van der Waals surface area contributed by atoms with Crippen LogP contribution in [0.25, 0.3) is 0 Å². The maximum Gasteiger partial charge on any atom is 0.254 e. The van der Waals surface area contributed by atoms with E-state index < -0.39 is 17.5 Å². The van der Waals surface area contributed by atoms with E-state index in [4.69, 9.17) is 0 Å². The molecule has 0 aromatic heterocycles. The molecule has 0 radical (unpaired) electrons. The fourth-order valence-electron chi connectivity index (χ4n) is 3.33. The molecule has 6 heteroatoms. The molecule has 0 spiro atoms. The van der Waals surface area contributed by atoms with Gasteiger partial charge in [-0.15, -0.1) is 0 Å². The first-order valence-electron chi connectivity index (χ1n) is 9.31. The summed E-state index contributed by atoms with van der Waals surface area (Å²) in [6.07, 6.45) is 0. The van der Waals surface area contributed by atoms with Crippen LogP contribution in [0, 0.1) is 11.6 Å². The summed E-state index contributed by atoms with van der Waals surface area (Å²) in [7, 11) is 0. The molecule has 0 saturated carbocycles. The summed E-state index contributed by atoms with van der Waals surface area (Å²) in [5, 5.41) is 2.70. The number of carbonyl (C=O) groups excluding carboxylic acids is 1. The largest absolute Gasteiger partial charge is 0.348 e. The monoisotopic (exact) mass is 373 g/mol. The minimum absolute atomic E-state index is 0.275. The number of nitrogens with zero attached hydrogens (tertiary/aromatic N) is 2. The summed E-state index contributed by atoms with van der Waals surface area (Å²) in [6, 6.07) is 10.8. The highest BCUT2D eigenvalue weighted by molar-refractivity contribution is 5.94. The Morgan fingerprint density at radius 2 is 1.67 bits per heavy atom. The lowest BCUT2D eigenvalue weighted by Crippen LogP contribution is -2.45. The van der Waals surface area contributed by atoms with Crippen LogP contribution in [0.4, 0.5) is 8.78 Å². The lowest BCUT2D eigenvalue weighted by molar-refractivity contribution is 0.0946. The summed E-state index contributed by atoms with van der Waals surface area (Å²) in [4.78, 5) is 17.1. The fraction of sp³-hybridized carbons (Fsp3) is 0.381. The molecule has 1 fully saturated rings. The first-order valence-corrected chi connectivity index (χ1v) is 9.31. The van der Waals surface area contributed by atoms with Gasteiger partial charge >= 0.3 is 0 Å². The van der Waals surface area contributed by atoms with Crippen molar-refractivity contribution in [3.63, 3.8) is 0 Å². The van der Waals surface area contributed by atoms with Gasteiger partial charge < -0.3 is 10.2 Å². The van der Waals surface area contributed by atoms with Crippen LogP contribution in [0.5, 0.6) is 0 Å². The molecule has 2 aromatic rings. The number of hydrogen-bond donors (Lipinski definition) is 1. The fourth-order valence-corrected chi connectivity index (χ4v) is 3.33. The van der Waals surface area contributed by atoms with Gasteiger partial charge in [0.15, 0.2) is 0 Å². The van der Waals surface area contributed by atoms with Gasteiger partial charge in [-0.1, -0.05) is 31.2 Å². The summed E-state index contributed by atoms with van der Waals surface area (Å²) in [5.41, 5.74) is 1.85. The van der Waals surface area contributed by atoms with E-state index in [1.54, 1.807) is 0 Å². The topological polar surface area (TPSA) is 35.6 Å². The second-order valence-corrected chi connectivity index (χ2v) is 6.79. The molecule has 1 aliphatic heterocycles. The predicted molar refractivity (Wildman–Crippen MR) is 101 cm³/mol. The molecule has 4 nitrogen and oxygen atoms in total. The zero-order chi connectivity index (χ0) is 19.2. The lowest BCUT2D eigenvalue weighted by Gasteiger charge is -2.34. The quantitative estimate of drug-likeness (QED) is 0.846. The van der Waals surface area contributed by atoms with Crippen molar-refractivity contribution in [2.75, 3.05) is 32.7 Å². The standard InChI is InChI=1S/C21H25F2N3O/c1-2-25-9-11-26(12-10-25)15-17-6-4-3-5-16(17)14-24-21(27)19-13-18(22)7-8-20(19)23/h3-8,13H,2,9-12,14-15H2,1H3,(H,24,27). The SMILES string of the molecule is CCN1CCN(Cc2ccccc2CNC(=O)c2cc(F)ccc2F)CC1. The van der Waals surface area contributed by atoms with Gasteiger partial charge in [-0.05, 0) is 35.9 Å². The molecule has 0 atom stereocenters. The van der Waals surface area contributed by atoms with E-state index in [0.717, 1.165) is 68.6 Å². The second-order valence-electron chi connectivity index (χ2n) is 6.79. The van der Waals surface area contributed by atoms with Crippen molar-refractivity contribution in [1.82, 2.24) is 15.1 Å². The zero-order valence-corrected chi connectivity index (χ0v) is 15.5. The Hall–Kier alpha value is -2.31. The van der Waals surface area contributed by atoms with Gasteiger partial charge in [0.2, 0.25) is 0 Å². The highest BCUT2D eigenvalue weighted by Gasteiger charge is 2.17. The van der Waals surface area contributed by atoms with Gasteiger partial charge in [-0.3, -0.25) is 9.69 Å². The Kier molecular flexibility index (Phi) is 6.53. The molecule has 144 valence electrons. The van der Waals surface area contributed by atoms with Crippen molar-refractivity contribution in [3.8, 4) is 0 Å². The van der Waals surface area contributed by atoms with Gasteiger partial charge in [-0.25, -0.2) is 8.78 Å². The molecular weight excluding hydrogens is 348 g/mol. The third kappa shape index (κ3) is 5.11. The Balaban J connectivity index is 1.62. The molecule has 0 aliphatic carbocycles. The van der Waals surface area contributed by atoms with Crippen molar-refractivity contribution in [2.24, 2.45) is 0 Å². The van der Waals surface area contributed by atoms with Crippen molar-refractivity contribution < 1.29 is 13.6 Å². The van der Waals surface area contributed by atoms with Gasteiger partial charge in [0.25, 0.3) is 5.91 Å². The number of amides is 1. The molecule has 0 unspecified atom stereocenters. The normalized spacial score (nSPS) is 15.7. The van der Waals surface area contributed by atoms with Crippen molar-refractivity contribution in [3.05, 3.63) is 70.8 Å². The van der Waals surface area contributed by atoms with Crippen LogP contribution in [0.1, 0.15) is 28.4 Å². The third-order valence-electron chi connectivity index (χ3n) is 5.04. The highest BCUT2D eigenvalue weighted by atomic mass is 19.1. The van der Waals surface area contributed by atoms with Crippen molar-refractivity contribution in [2.45, 2.75) is 20.0 Å². The highest BCUT2D eigenvalue weighted by Crippen LogP contribution is 2.15. The molecule has 2 aromatic carbocycles. The molecule has 3 rings (SSSR count). The maximum atomic E-state index is 13.8. The van der Waals surface area contributed by atoms with E-state index in [1.807, 2.05) is 18.2 Å². The molecular formula is C21H25F2N3O. The van der Waals surface area contributed by atoms with Crippen LogP contribution in [-0.2, 0) is 13.1 Å². The van der Waals surface area contributed by atoms with Crippen molar-refractivity contribution in [1.29, 1.82) is 0 Å². The van der Waals surface area contributed by atoms with Crippen LogP contribution in [0.15, 0.2) is 42.5 Å². The van der Waals surface area contributed by atoms with E-state index in [1.165, 1.54) is 0 Å². The van der Waals surface area contributed by atoms with Crippen molar-refractivity contribution >= 4 is 5.91 Å². The Labute approximate surface area is 158 Å². The number of carbonyl (C=O) groups is 1. The number of rotatable bonds is 6. The average molecular weight is 373 g/mol. The van der Waals surface area contributed by atoms with E-state index in [-0.39, 0.29) is 12.1 Å². The predicted octanol–water partition coefficient (Wildman–Crippen LogP) is 3.03. The number of halogens is 2. The summed E-state index contributed by atoms with van der Waals surface area (Å²) >= 11 is 0. The van der Waals surface area contributed by atoms with Crippen LogP contribution >= 0.6 is 0 Å². The van der Waals surface area contributed by atoms with Crippen LogP contribution in [0.3, 0.4) is 0 Å². The Morgan fingerprint density at radius 3 is 2.37 bits per heavy atom. The smallest absolute Gasteiger partial charge is 0.254 e. The van der Waals surface area contributed by atoms with Crippen LogP contribution in [0.2, 0.25) is 0 Å². The molecule has 1 heterocycles. The molecule has 0 bridgehead atoms. The lowest BCUT2D eigenvalue weighted by atomic mass is 10.1. The first kappa shape index (κ1) is 19.5. The van der Waals surface area contributed by atoms with E-state index >= 15 is 0 Å². The third-order valence-corrected chi connectivity index (χ3v) is 5.04.